The van der Waals surface area contributed by atoms with Gasteiger partial charge in [-0.05, 0) is 30.9 Å². The lowest BCUT2D eigenvalue weighted by atomic mass is 10.0. The third-order valence-electron chi connectivity index (χ3n) is 3.44. The summed E-state index contributed by atoms with van der Waals surface area (Å²) in [6, 6.07) is 8.30. The quantitative estimate of drug-likeness (QED) is 0.766. The van der Waals surface area contributed by atoms with Gasteiger partial charge in [0.2, 0.25) is 0 Å². The standard InChI is InChI=1S/C17H22ClN3/c1-5-8-15-20-16(18)12(4)17(21-15)19-14-10-7-6-9-13(14)11(2)3/h6-7,9-11H,5,8H2,1-4H3,(H,19,20,21). The smallest absolute Gasteiger partial charge is 0.138 e. The van der Waals surface area contributed by atoms with Crippen LogP contribution in [0.5, 0.6) is 0 Å². The molecule has 0 unspecified atom stereocenters. The first-order chi connectivity index (χ1) is 10.0. The normalized spacial score (nSPS) is 11.0. The molecule has 0 fully saturated rings. The van der Waals surface area contributed by atoms with Gasteiger partial charge in [0, 0.05) is 17.7 Å². The second-order valence-corrected chi connectivity index (χ2v) is 5.88. The number of hydrogen-bond acceptors (Lipinski definition) is 3. The van der Waals surface area contributed by atoms with Crippen LogP contribution in [0.25, 0.3) is 0 Å². The van der Waals surface area contributed by atoms with Crippen molar-refractivity contribution in [3.63, 3.8) is 0 Å². The third-order valence-corrected chi connectivity index (χ3v) is 3.81. The average molecular weight is 304 g/mol. The van der Waals surface area contributed by atoms with Gasteiger partial charge >= 0.3 is 0 Å². The van der Waals surface area contributed by atoms with Crippen molar-refractivity contribution >= 4 is 23.1 Å². The van der Waals surface area contributed by atoms with E-state index in [4.69, 9.17) is 11.6 Å². The van der Waals surface area contributed by atoms with E-state index >= 15 is 0 Å². The van der Waals surface area contributed by atoms with Gasteiger partial charge in [-0.2, -0.15) is 0 Å². The van der Waals surface area contributed by atoms with Crippen molar-refractivity contribution in [3.05, 3.63) is 46.4 Å². The zero-order valence-electron chi connectivity index (χ0n) is 13.1. The largest absolute Gasteiger partial charge is 0.340 e. The molecule has 2 aromatic rings. The molecule has 21 heavy (non-hydrogen) atoms. The number of nitrogens with zero attached hydrogens (tertiary/aromatic N) is 2. The van der Waals surface area contributed by atoms with Crippen LogP contribution < -0.4 is 5.32 Å². The van der Waals surface area contributed by atoms with Gasteiger partial charge in [-0.25, -0.2) is 9.97 Å². The van der Waals surface area contributed by atoms with Crippen molar-refractivity contribution < 1.29 is 0 Å². The van der Waals surface area contributed by atoms with Crippen LogP contribution >= 0.6 is 11.6 Å². The summed E-state index contributed by atoms with van der Waals surface area (Å²) < 4.78 is 0. The molecule has 112 valence electrons. The van der Waals surface area contributed by atoms with Gasteiger partial charge in [0.1, 0.15) is 16.8 Å². The number of anilines is 2. The van der Waals surface area contributed by atoms with E-state index in [9.17, 15) is 0 Å². The summed E-state index contributed by atoms with van der Waals surface area (Å²) in [5.74, 6) is 2.03. The number of hydrogen-bond donors (Lipinski definition) is 1. The molecule has 2 rings (SSSR count). The lowest BCUT2D eigenvalue weighted by molar-refractivity contribution is 0.832. The minimum absolute atomic E-state index is 0.446. The second kappa shape index (κ2) is 6.90. The van der Waals surface area contributed by atoms with Crippen LogP contribution in [-0.4, -0.2) is 9.97 Å². The summed E-state index contributed by atoms with van der Waals surface area (Å²) >= 11 is 6.23. The first-order valence-corrected chi connectivity index (χ1v) is 7.79. The maximum Gasteiger partial charge on any atom is 0.138 e. The fraction of sp³-hybridized carbons (Fsp3) is 0.412. The molecule has 1 N–H and O–H groups in total. The molecule has 0 bridgehead atoms. The molecule has 4 heteroatoms. The van der Waals surface area contributed by atoms with Crippen LogP contribution in [0.2, 0.25) is 5.15 Å². The first-order valence-electron chi connectivity index (χ1n) is 7.41. The lowest BCUT2D eigenvalue weighted by Crippen LogP contribution is -2.05. The molecule has 0 amide bonds. The highest BCUT2D eigenvalue weighted by Gasteiger charge is 2.12. The molecule has 0 spiro atoms. The van der Waals surface area contributed by atoms with Crippen molar-refractivity contribution in [1.29, 1.82) is 0 Å². The molecule has 0 saturated heterocycles. The Bertz CT molecular complexity index is 623. The van der Waals surface area contributed by atoms with Gasteiger partial charge in [-0.1, -0.05) is 50.6 Å². The second-order valence-electron chi connectivity index (χ2n) is 5.52. The Morgan fingerprint density at radius 2 is 1.90 bits per heavy atom. The molecule has 1 aromatic heterocycles. The maximum atomic E-state index is 6.23. The van der Waals surface area contributed by atoms with E-state index in [1.54, 1.807) is 0 Å². The molecule has 1 aromatic carbocycles. The summed E-state index contributed by atoms with van der Waals surface area (Å²) in [4.78, 5) is 8.95. The Hall–Kier alpha value is -1.61. The Labute approximate surface area is 131 Å². The molecular weight excluding hydrogens is 282 g/mol. The monoisotopic (exact) mass is 303 g/mol. The highest BCUT2D eigenvalue weighted by atomic mass is 35.5. The highest BCUT2D eigenvalue weighted by molar-refractivity contribution is 6.30. The van der Waals surface area contributed by atoms with Gasteiger partial charge in [0.15, 0.2) is 0 Å². The Morgan fingerprint density at radius 1 is 1.19 bits per heavy atom. The molecule has 0 atom stereocenters. The predicted molar refractivity (Wildman–Crippen MR) is 89.6 cm³/mol. The van der Waals surface area contributed by atoms with Crippen LogP contribution in [0.4, 0.5) is 11.5 Å². The van der Waals surface area contributed by atoms with Crippen molar-refractivity contribution in [2.45, 2.75) is 46.5 Å². The number of aryl methyl sites for hydroxylation is 1. The Morgan fingerprint density at radius 3 is 2.57 bits per heavy atom. The summed E-state index contributed by atoms with van der Waals surface area (Å²) in [5, 5.41) is 3.95. The maximum absolute atomic E-state index is 6.23. The van der Waals surface area contributed by atoms with Gasteiger partial charge < -0.3 is 5.32 Å². The summed E-state index contributed by atoms with van der Waals surface area (Å²) in [6.07, 6.45) is 1.84. The molecule has 0 radical (unpaired) electrons. The van der Waals surface area contributed by atoms with Crippen molar-refractivity contribution in [2.24, 2.45) is 0 Å². The SMILES string of the molecule is CCCc1nc(Cl)c(C)c(Nc2ccccc2C(C)C)n1. The molecule has 0 saturated carbocycles. The van der Waals surface area contributed by atoms with Crippen molar-refractivity contribution in [1.82, 2.24) is 9.97 Å². The number of halogens is 1. The molecule has 0 aliphatic heterocycles. The van der Waals surface area contributed by atoms with E-state index in [2.05, 4.69) is 54.3 Å². The van der Waals surface area contributed by atoms with Gasteiger partial charge in [0.25, 0.3) is 0 Å². The number of nitrogens with one attached hydrogen (secondary N) is 1. The number of para-hydroxylation sites is 1. The number of benzene rings is 1. The zero-order valence-corrected chi connectivity index (χ0v) is 13.8. The van der Waals surface area contributed by atoms with E-state index in [0.29, 0.717) is 11.1 Å². The van der Waals surface area contributed by atoms with Gasteiger partial charge in [-0.15, -0.1) is 0 Å². The molecule has 0 aliphatic rings. The van der Waals surface area contributed by atoms with Crippen LogP contribution in [0.1, 0.15) is 50.1 Å². The number of rotatable bonds is 5. The van der Waals surface area contributed by atoms with Crippen LogP contribution in [-0.2, 0) is 6.42 Å². The fourth-order valence-electron chi connectivity index (χ4n) is 2.23. The average Bonchev–Trinajstić information content (AvgIpc) is 2.45. The van der Waals surface area contributed by atoms with E-state index in [0.717, 1.165) is 35.7 Å². The highest BCUT2D eigenvalue weighted by Crippen LogP contribution is 2.29. The molecule has 1 heterocycles. The fourth-order valence-corrected chi connectivity index (χ4v) is 2.42. The first kappa shape index (κ1) is 15.8. The van der Waals surface area contributed by atoms with E-state index in [1.807, 2.05) is 13.0 Å². The van der Waals surface area contributed by atoms with Gasteiger partial charge in [0.05, 0.1) is 0 Å². The topological polar surface area (TPSA) is 37.8 Å². The Balaban J connectivity index is 2.39. The summed E-state index contributed by atoms with van der Waals surface area (Å²) in [7, 11) is 0. The van der Waals surface area contributed by atoms with Crippen molar-refractivity contribution in [3.8, 4) is 0 Å². The van der Waals surface area contributed by atoms with E-state index in [1.165, 1.54) is 5.56 Å². The molecule has 0 aliphatic carbocycles. The van der Waals surface area contributed by atoms with E-state index < -0.39 is 0 Å². The lowest BCUT2D eigenvalue weighted by Gasteiger charge is -2.16. The minimum atomic E-state index is 0.446. The third kappa shape index (κ3) is 3.73. The van der Waals surface area contributed by atoms with Crippen LogP contribution in [0.3, 0.4) is 0 Å². The summed E-state index contributed by atoms with van der Waals surface area (Å²) in [5.41, 5.74) is 3.23. The van der Waals surface area contributed by atoms with Crippen LogP contribution in [0, 0.1) is 6.92 Å². The van der Waals surface area contributed by atoms with E-state index in [-0.39, 0.29) is 0 Å². The predicted octanol–water partition coefficient (Wildman–Crippen LogP) is 5.26. The Kier molecular flexibility index (Phi) is 5.18. The molecular formula is C17H22ClN3. The minimum Gasteiger partial charge on any atom is -0.340 e. The summed E-state index contributed by atoms with van der Waals surface area (Å²) in [6.45, 7) is 8.42. The van der Waals surface area contributed by atoms with Crippen molar-refractivity contribution in [2.75, 3.05) is 5.32 Å². The molecule has 3 nitrogen and oxygen atoms in total. The van der Waals surface area contributed by atoms with Gasteiger partial charge in [-0.3, -0.25) is 0 Å². The zero-order chi connectivity index (χ0) is 15.4. The number of aromatic nitrogens is 2. The van der Waals surface area contributed by atoms with Crippen LogP contribution in [0.15, 0.2) is 24.3 Å².